The monoisotopic (exact) mass is 335 g/mol. The molecule has 4 heteroatoms. The lowest BCUT2D eigenvalue weighted by molar-refractivity contribution is 0.0992. The third kappa shape index (κ3) is 2.66. The van der Waals surface area contributed by atoms with Gasteiger partial charge in [-0.3, -0.25) is 4.79 Å². The van der Waals surface area contributed by atoms with Gasteiger partial charge in [-0.15, -0.1) is 11.3 Å². The van der Waals surface area contributed by atoms with Crippen molar-refractivity contribution in [2.45, 2.75) is 19.4 Å². The van der Waals surface area contributed by atoms with Crippen molar-refractivity contribution >= 4 is 33.0 Å². The Balaban J connectivity index is 1.90. The van der Waals surface area contributed by atoms with Gasteiger partial charge in [0.2, 0.25) is 0 Å². The molecule has 0 atom stereocenters. The van der Waals surface area contributed by atoms with Crippen molar-refractivity contribution in [2.24, 2.45) is 0 Å². The first kappa shape index (κ1) is 13.0. The van der Waals surface area contributed by atoms with Crippen molar-refractivity contribution < 1.29 is 4.79 Å². The zero-order valence-electron chi connectivity index (χ0n) is 10.4. The van der Waals surface area contributed by atoms with Gasteiger partial charge in [-0.05, 0) is 51.5 Å². The molecule has 0 amide bonds. The molecule has 0 unspecified atom stereocenters. The Morgan fingerprint density at radius 3 is 3.05 bits per heavy atom. The van der Waals surface area contributed by atoms with E-state index in [0.717, 1.165) is 34.4 Å². The fraction of sp³-hybridized carbons (Fsp3) is 0.267. The Bertz CT molecular complexity index is 620. The number of thiophene rings is 1. The third-order valence-electron chi connectivity index (χ3n) is 3.45. The van der Waals surface area contributed by atoms with Crippen LogP contribution >= 0.6 is 27.3 Å². The van der Waals surface area contributed by atoms with E-state index in [4.69, 9.17) is 0 Å². The molecule has 3 rings (SSSR count). The largest absolute Gasteiger partial charge is 0.312 e. The van der Waals surface area contributed by atoms with Crippen molar-refractivity contribution in [3.8, 4) is 0 Å². The second-order valence-electron chi connectivity index (χ2n) is 4.66. The molecule has 2 aromatic rings. The number of carbonyl (C=O) groups excluding carboxylic acids is 1. The minimum atomic E-state index is 0.224. The topological polar surface area (TPSA) is 29.1 Å². The molecule has 1 N–H and O–H groups in total. The van der Waals surface area contributed by atoms with Crippen molar-refractivity contribution in [3.63, 3.8) is 0 Å². The van der Waals surface area contributed by atoms with Gasteiger partial charge in [0.1, 0.15) is 0 Å². The SMILES string of the molecule is O=C(Cc1sccc1Br)c1cccc2c1CCNC2. The van der Waals surface area contributed by atoms with Crippen LogP contribution in [0.5, 0.6) is 0 Å². The number of fused-ring (bicyclic) bond motifs is 1. The van der Waals surface area contributed by atoms with Gasteiger partial charge < -0.3 is 5.32 Å². The molecule has 2 nitrogen and oxygen atoms in total. The van der Waals surface area contributed by atoms with Crippen LogP contribution in [0.2, 0.25) is 0 Å². The zero-order valence-corrected chi connectivity index (χ0v) is 12.8. The van der Waals surface area contributed by atoms with E-state index >= 15 is 0 Å². The highest BCUT2D eigenvalue weighted by atomic mass is 79.9. The molecule has 0 radical (unpaired) electrons. The van der Waals surface area contributed by atoms with E-state index in [1.807, 2.05) is 23.6 Å². The molecule has 0 aliphatic carbocycles. The summed E-state index contributed by atoms with van der Waals surface area (Å²) >= 11 is 5.12. The fourth-order valence-corrected chi connectivity index (χ4v) is 3.98. The number of benzene rings is 1. The van der Waals surface area contributed by atoms with Gasteiger partial charge in [0.15, 0.2) is 5.78 Å². The van der Waals surface area contributed by atoms with E-state index in [0.29, 0.717) is 6.42 Å². The summed E-state index contributed by atoms with van der Waals surface area (Å²) in [6.07, 6.45) is 1.44. The number of hydrogen-bond acceptors (Lipinski definition) is 3. The summed E-state index contributed by atoms with van der Waals surface area (Å²) in [5, 5.41) is 5.36. The van der Waals surface area contributed by atoms with Crippen LogP contribution in [0.15, 0.2) is 34.1 Å². The zero-order chi connectivity index (χ0) is 13.2. The number of halogens is 1. The Morgan fingerprint density at radius 2 is 2.26 bits per heavy atom. The molecular weight excluding hydrogens is 322 g/mol. The van der Waals surface area contributed by atoms with Crippen LogP contribution in [-0.4, -0.2) is 12.3 Å². The lowest BCUT2D eigenvalue weighted by Gasteiger charge is -2.19. The van der Waals surface area contributed by atoms with Crippen molar-refractivity contribution in [1.29, 1.82) is 0 Å². The maximum atomic E-state index is 12.5. The summed E-state index contributed by atoms with van der Waals surface area (Å²) in [6.45, 7) is 1.83. The number of rotatable bonds is 3. The summed E-state index contributed by atoms with van der Waals surface area (Å²) in [7, 11) is 0. The summed E-state index contributed by atoms with van der Waals surface area (Å²) in [5.74, 6) is 0.224. The van der Waals surface area contributed by atoms with Crippen LogP contribution in [0, 0.1) is 0 Å². The molecular formula is C15H14BrNOS. The average Bonchev–Trinajstić information content (AvgIpc) is 2.83. The number of Topliss-reactive ketones (excluding diaryl/α,β-unsaturated/α-hetero) is 1. The normalized spacial score (nSPS) is 14.2. The van der Waals surface area contributed by atoms with E-state index in [1.54, 1.807) is 11.3 Å². The Hall–Kier alpha value is -0.970. The molecule has 0 saturated carbocycles. The van der Waals surface area contributed by atoms with Gasteiger partial charge in [0.05, 0.1) is 0 Å². The first-order valence-electron chi connectivity index (χ1n) is 6.32. The van der Waals surface area contributed by atoms with Crippen LogP contribution in [0.3, 0.4) is 0 Å². The molecule has 2 heterocycles. The van der Waals surface area contributed by atoms with Gasteiger partial charge in [0.25, 0.3) is 0 Å². The molecule has 1 aliphatic heterocycles. The molecule has 1 aromatic heterocycles. The lowest BCUT2D eigenvalue weighted by atomic mass is 9.92. The Labute approximate surface area is 125 Å². The third-order valence-corrected chi connectivity index (χ3v) is 5.38. The first-order chi connectivity index (χ1) is 9.25. The summed E-state index contributed by atoms with van der Waals surface area (Å²) in [4.78, 5) is 13.6. The number of ketones is 1. The summed E-state index contributed by atoms with van der Waals surface area (Å²) < 4.78 is 1.04. The van der Waals surface area contributed by atoms with Crippen LogP contribution in [0.1, 0.15) is 26.4 Å². The van der Waals surface area contributed by atoms with E-state index in [9.17, 15) is 4.79 Å². The maximum absolute atomic E-state index is 12.5. The standard InChI is InChI=1S/C15H14BrNOS/c16-13-5-7-19-15(13)8-14(18)12-3-1-2-10-9-17-6-4-11(10)12/h1-3,5,7,17H,4,6,8-9H2. The summed E-state index contributed by atoms with van der Waals surface area (Å²) in [5.41, 5.74) is 3.40. The second kappa shape index (κ2) is 5.57. The van der Waals surface area contributed by atoms with Crippen molar-refractivity contribution in [3.05, 3.63) is 55.7 Å². The van der Waals surface area contributed by atoms with Crippen LogP contribution in [0.25, 0.3) is 0 Å². The first-order valence-corrected chi connectivity index (χ1v) is 7.99. The molecule has 0 bridgehead atoms. The molecule has 19 heavy (non-hydrogen) atoms. The molecule has 0 spiro atoms. The predicted octanol–water partition coefficient (Wildman–Crippen LogP) is 3.58. The highest BCUT2D eigenvalue weighted by Crippen LogP contribution is 2.26. The van der Waals surface area contributed by atoms with Gasteiger partial charge in [-0.1, -0.05) is 18.2 Å². The Kier molecular flexibility index (Phi) is 3.82. The van der Waals surface area contributed by atoms with Crippen LogP contribution in [0.4, 0.5) is 0 Å². The predicted molar refractivity (Wildman–Crippen MR) is 81.9 cm³/mol. The van der Waals surface area contributed by atoms with Crippen molar-refractivity contribution in [2.75, 3.05) is 6.54 Å². The molecule has 1 aliphatic rings. The molecule has 0 saturated heterocycles. The van der Waals surface area contributed by atoms with Gasteiger partial charge in [-0.2, -0.15) is 0 Å². The smallest absolute Gasteiger partial charge is 0.168 e. The minimum absolute atomic E-state index is 0.224. The van der Waals surface area contributed by atoms with E-state index < -0.39 is 0 Å². The second-order valence-corrected chi connectivity index (χ2v) is 6.52. The van der Waals surface area contributed by atoms with Gasteiger partial charge in [0, 0.05) is 27.9 Å². The van der Waals surface area contributed by atoms with Crippen LogP contribution in [-0.2, 0) is 19.4 Å². The fourth-order valence-electron chi connectivity index (χ4n) is 2.49. The Morgan fingerprint density at radius 1 is 1.37 bits per heavy atom. The van der Waals surface area contributed by atoms with Gasteiger partial charge >= 0.3 is 0 Å². The highest BCUT2D eigenvalue weighted by molar-refractivity contribution is 9.10. The van der Waals surface area contributed by atoms with Crippen LogP contribution < -0.4 is 5.32 Å². The number of carbonyl (C=O) groups is 1. The van der Waals surface area contributed by atoms with E-state index in [-0.39, 0.29) is 5.78 Å². The number of nitrogens with one attached hydrogen (secondary N) is 1. The van der Waals surface area contributed by atoms with E-state index in [2.05, 4.69) is 27.3 Å². The highest BCUT2D eigenvalue weighted by Gasteiger charge is 2.18. The minimum Gasteiger partial charge on any atom is -0.312 e. The van der Waals surface area contributed by atoms with Crippen molar-refractivity contribution in [1.82, 2.24) is 5.32 Å². The van der Waals surface area contributed by atoms with Gasteiger partial charge in [-0.25, -0.2) is 0 Å². The average molecular weight is 336 g/mol. The van der Waals surface area contributed by atoms with E-state index in [1.165, 1.54) is 11.1 Å². The quantitative estimate of drug-likeness (QED) is 0.868. The molecule has 1 aromatic carbocycles. The number of hydrogen-bond donors (Lipinski definition) is 1. The lowest BCUT2D eigenvalue weighted by Crippen LogP contribution is -2.25. The maximum Gasteiger partial charge on any atom is 0.168 e. The molecule has 0 fully saturated rings. The molecule has 98 valence electrons. The summed E-state index contributed by atoms with van der Waals surface area (Å²) in [6, 6.07) is 8.06.